The van der Waals surface area contributed by atoms with Crippen LogP contribution in [0.25, 0.3) is 0 Å². The molecule has 2 heteroatoms. The number of likely N-dealkylation sites (tertiary alicyclic amines) is 1. The van der Waals surface area contributed by atoms with E-state index in [1.807, 2.05) is 29.2 Å². The van der Waals surface area contributed by atoms with E-state index < -0.39 is 0 Å². The predicted molar refractivity (Wildman–Crippen MR) is 69.5 cm³/mol. The zero-order chi connectivity index (χ0) is 12.3. The molecule has 2 atom stereocenters. The van der Waals surface area contributed by atoms with Crippen molar-refractivity contribution in [1.82, 2.24) is 4.90 Å². The second-order valence-electron chi connectivity index (χ2n) is 4.73. The lowest BCUT2D eigenvalue weighted by Crippen LogP contribution is -2.28. The van der Waals surface area contributed by atoms with E-state index in [1.165, 1.54) is 5.56 Å². The Kier molecular flexibility index (Phi) is 3.62. The molecule has 17 heavy (non-hydrogen) atoms. The molecule has 2 rings (SSSR count). The van der Waals surface area contributed by atoms with Crippen molar-refractivity contribution in [3.8, 4) is 0 Å². The Hall–Kier alpha value is -1.57. The Bertz CT molecular complexity index is 399. The highest BCUT2D eigenvalue weighted by Gasteiger charge is 2.32. The Labute approximate surface area is 103 Å². The average molecular weight is 229 g/mol. The lowest BCUT2D eigenvalue weighted by Gasteiger charge is -2.25. The average Bonchev–Trinajstić information content (AvgIpc) is 2.71. The molecule has 2 nitrogen and oxygen atoms in total. The van der Waals surface area contributed by atoms with Gasteiger partial charge in [-0.05, 0) is 24.8 Å². The van der Waals surface area contributed by atoms with Gasteiger partial charge in [-0.1, -0.05) is 36.4 Å². The Morgan fingerprint density at radius 3 is 2.82 bits per heavy atom. The van der Waals surface area contributed by atoms with Crippen LogP contribution < -0.4 is 0 Å². The number of allylic oxidation sites excluding steroid dienone is 1. The van der Waals surface area contributed by atoms with Crippen molar-refractivity contribution < 1.29 is 4.79 Å². The van der Waals surface area contributed by atoms with Crippen molar-refractivity contribution in [2.24, 2.45) is 5.92 Å². The predicted octanol–water partition coefficient (Wildman–Crippen LogP) is 3.17. The summed E-state index contributed by atoms with van der Waals surface area (Å²) in [6.45, 7) is 6.71. The standard InChI is InChI=1S/C15H19NO/c1-3-7-13-10-15(17)16(11-13)12(2)14-8-5-4-6-9-14/h3-6,8-9,12-13H,1,7,10-11H2,2H3/t12?,13-/m0/s1. The number of benzene rings is 1. The van der Waals surface area contributed by atoms with E-state index in [0.717, 1.165) is 13.0 Å². The smallest absolute Gasteiger partial charge is 0.223 e. The summed E-state index contributed by atoms with van der Waals surface area (Å²) in [6.07, 6.45) is 3.52. The fourth-order valence-corrected chi connectivity index (χ4v) is 2.49. The Balaban J connectivity index is 2.08. The first-order valence-corrected chi connectivity index (χ1v) is 6.17. The molecule has 1 aliphatic heterocycles. The quantitative estimate of drug-likeness (QED) is 0.726. The summed E-state index contributed by atoms with van der Waals surface area (Å²) in [7, 11) is 0. The molecule has 1 unspecified atom stereocenters. The van der Waals surface area contributed by atoms with Gasteiger partial charge in [-0.2, -0.15) is 0 Å². The van der Waals surface area contributed by atoms with Crippen molar-refractivity contribution in [2.45, 2.75) is 25.8 Å². The minimum Gasteiger partial charge on any atom is -0.336 e. The number of carbonyl (C=O) groups excluding carboxylic acids is 1. The summed E-state index contributed by atoms with van der Waals surface area (Å²) in [5.74, 6) is 0.722. The zero-order valence-electron chi connectivity index (χ0n) is 10.3. The summed E-state index contributed by atoms with van der Waals surface area (Å²) in [6, 6.07) is 10.4. The molecule has 0 aromatic heterocycles. The van der Waals surface area contributed by atoms with E-state index in [1.54, 1.807) is 0 Å². The fraction of sp³-hybridized carbons (Fsp3) is 0.400. The van der Waals surface area contributed by atoms with Crippen molar-refractivity contribution in [3.63, 3.8) is 0 Å². The number of nitrogens with zero attached hydrogens (tertiary/aromatic N) is 1. The molecular formula is C15H19NO. The molecule has 1 saturated heterocycles. The molecule has 0 aliphatic carbocycles. The molecule has 1 fully saturated rings. The molecule has 0 N–H and O–H groups in total. The molecule has 0 spiro atoms. The lowest BCUT2D eigenvalue weighted by molar-refractivity contribution is -0.129. The minimum atomic E-state index is 0.179. The topological polar surface area (TPSA) is 20.3 Å². The van der Waals surface area contributed by atoms with Gasteiger partial charge in [0, 0.05) is 13.0 Å². The minimum absolute atomic E-state index is 0.179. The summed E-state index contributed by atoms with van der Waals surface area (Å²) in [5, 5.41) is 0. The van der Waals surface area contributed by atoms with E-state index in [2.05, 4.69) is 25.6 Å². The first kappa shape index (κ1) is 11.9. The monoisotopic (exact) mass is 229 g/mol. The van der Waals surface area contributed by atoms with Crippen LogP contribution in [0.5, 0.6) is 0 Å². The van der Waals surface area contributed by atoms with Crippen LogP contribution in [0.1, 0.15) is 31.4 Å². The zero-order valence-corrected chi connectivity index (χ0v) is 10.3. The van der Waals surface area contributed by atoms with E-state index in [-0.39, 0.29) is 11.9 Å². The number of carbonyl (C=O) groups is 1. The maximum absolute atomic E-state index is 12.0. The van der Waals surface area contributed by atoms with E-state index in [0.29, 0.717) is 12.3 Å². The first-order valence-electron chi connectivity index (χ1n) is 6.17. The highest BCUT2D eigenvalue weighted by Crippen LogP contribution is 2.29. The lowest BCUT2D eigenvalue weighted by atomic mass is 10.0. The Morgan fingerprint density at radius 2 is 2.18 bits per heavy atom. The van der Waals surface area contributed by atoms with Gasteiger partial charge in [0.15, 0.2) is 0 Å². The molecule has 0 saturated carbocycles. The maximum Gasteiger partial charge on any atom is 0.223 e. The van der Waals surface area contributed by atoms with Crippen LogP contribution in [0.2, 0.25) is 0 Å². The summed E-state index contributed by atoms with van der Waals surface area (Å²) in [5.41, 5.74) is 1.21. The van der Waals surface area contributed by atoms with Crippen molar-refractivity contribution >= 4 is 5.91 Å². The van der Waals surface area contributed by atoms with Gasteiger partial charge in [0.05, 0.1) is 6.04 Å². The maximum atomic E-state index is 12.0. The molecule has 1 aromatic rings. The van der Waals surface area contributed by atoms with Crippen molar-refractivity contribution in [3.05, 3.63) is 48.6 Å². The van der Waals surface area contributed by atoms with Crippen LogP contribution >= 0.6 is 0 Å². The number of rotatable bonds is 4. The first-order chi connectivity index (χ1) is 8.22. The van der Waals surface area contributed by atoms with Crippen molar-refractivity contribution in [1.29, 1.82) is 0 Å². The van der Waals surface area contributed by atoms with Gasteiger partial charge in [-0.15, -0.1) is 6.58 Å². The third-order valence-corrected chi connectivity index (χ3v) is 3.49. The van der Waals surface area contributed by atoms with Gasteiger partial charge in [-0.25, -0.2) is 0 Å². The van der Waals surface area contributed by atoms with Crippen LogP contribution in [0.3, 0.4) is 0 Å². The summed E-state index contributed by atoms with van der Waals surface area (Å²) in [4.78, 5) is 14.0. The molecule has 90 valence electrons. The molecule has 1 heterocycles. The van der Waals surface area contributed by atoms with Crippen LogP contribution in [0.4, 0.5) is 0 Å². The SMILES string of the molecule is C=CC[C@H]1CC(=O)N(C(C)c2ccccc2)C1. The summed E-state index contributed by atoms with van der Waals surface area (Å²) >= 11 is 0. The molecule has 1 aliphatic rings. The van der Waals surface area contributed by atoms with Crippen LogP contribution in [0.15, 0.2) is 43.0 Å². The number of hydrogen-bond acceptors (Lipinski definition) is 1. The normalized spacial score (nSPS) is 21.6. The highest BCUT2D eigenvalue weighted by molar-refractivity contribution is 5.79. The van der Waals surface area contributed by atoms with Crippen LogP contribution in [-0.4, -0.2) is 17.4 Å². The van der Waals surface area contributed by atoms with E-state index in [9.17, 15) is 4.79 Å². The molecule has 1 aromatic carbocycles. The van der Waals surface area contributed by atoms with Gasteiger partial charge < -0.3 is 4.90 Å². The fourth-order valence-electron chi connectivity index (χ4n) is 2.49. The molecule has 0 radical (unpaired) electrons. The van der Waals surface area contributed by atoms with Crippen molar-refractivity contribution in [2.75, 3.05) is 6.54 Å². The van der Waals surface area contributed by atoms with Crippen LogP contribution in [-0.2, 0) is 4.79 Å². The summed E-state index contributed by atoms with van der Waals surface area (Å²) < 4.78 is 0. The third-order valence-electron chi connectivity index (χ3n) is 3.49. The number of amides is 1. The largest absolute Gasteiger partial charge is 0.336 e. The highest BCUT2D eigenvalue weighted by atomic mass is 16.2. The second kappa shape index (κ2) is 5.17. The third kappa shape index (κ3) is 2.57. The van der Waals surface area contributed by atoms with E-state index >= 15 is 0 Å². The van der Waals surface area contributed by atoms with Gasteiger partial charge in [0.25, 0.3) is 0 Å². The van der Waals surface area contributed by atoms with Gasteiger partial charge >= 0.3 is 0 Å². The van der Waals surface area contributed by atoms with E-state index in [4.69, 9.17) is 0 Å². The van der Waals surface area contributed by atoms with Gasteiger partial charge in [-0.3, -0.25) is 4.79 Å². The number of hydrogen-bond donors (Lipinski definition) is 0. The van der Waals surface area contributed by atoms with Gasteiger partial charge in [0.1, 0.15) is 0 Å². The molecular weight excluding hydrogens is 210 g/mol. The Morgan fingerprint density at radius 1 is 1.47 bits per heavy atom. The van der Waals surface area contributed by atoms with Crippen LogP contribution in [0, 0.1) is 5.92 Å². The van der Waals surface area contributed by atoms with Gasteiger partial charge in [0.2, 0.25) is 5.91 Å². The molecule has 1 amide bonds. The molecule has 0 bridgehead atoms. The second-order valence-corrected chi connectivity index (χ2v) is 4.73.